The summed E-state index contributed by atoms with van der Waals surface area (Å²) in [5.74, 6) is 2.80. The van der Waals surface area contributed by atoms with E-state index in [4.69, 9.17) is 11.2 Å². The maximum absolute atomic E-state index is 14.5. The summed E-state index contributed by atoms with van der Waals surface area (Å²) in [6, 6.07) is 10.8. The van der Waals surface area contributed by atoms with Gasteiger partial charge in [0, 0.05) is 30.1 Å². The topological polar surface area (TPSA) is 99.7 Å². The number of thioether (sulfide) groups is 1. The van der Waals surface area contributed by atoms with Gasteiger partial charge < -0.3 is 25.8 Å². The molecule has 2 aromatic rings. The minimum absolute atomic E-state index is 0.171. The number of aliphatic hydroxyl groups excluding tert-OH is 1. The number of benzene rings is 2. The number of ether oxygens (including phenoxy) is 1. The van der Waals surface area contributed by atoms with Crippen LogP contribution in [0.25, 0.3) is 0 Å². The zero-order valence-electron chi connectivity index (χ0n) is 23.6. The van der Waals surface area contributed by atoms with E-state index < -0.39 is 24.0 Å². The van der Waals surface area contributed by atoms with Gasteiger partial charge in [-0.25, -0.2) is 4.39 Å². The fourth-order valence-corrected chi connectivity index (χ4v) is 5.68. The van der Waals surface area contributed by atoms with Crippen LogP contribution >= 0.6 is 11.8 Å². The molecule has 41 heavy (non-hydrogen) atoms. The van der Waals surface area contributed by atoms with Gasteiger partial charge in [-0.3, -0.25) is 9.59 Å². The lowest BCUT2D eigenvalue weighted by atomic mass is 9.98. The molecular formula is C32H40FN3O4S. The number of halogens is 1. The minimum atomic E-state index is -0.990. The second-order valence-corrected chi connectivity index (χ2v) is 11.9. The predicted octanol–water partition coefficient (Wildman–Crippen LogP) is 3.66. The van der Waals surface area contributed by atoms with Crippen molar-refractivity contribution in [3.63, 3.8) is 0 Å². The van der Waals surface area contributed by atoms with Crippen molar-refractivity contribution in [2.45, 2.75) is 75.1 Å². The standard InChI is InChI=1S/C32H40FN3O4S/c1-3-22-8-7-9-24(16-22)32(12-13-32)34-21-29(37)28-19-23-17-25(33)20-26(18-23)40-14-6-4-5-10-30(38)35-27(11-15-41-2)31(39)36-28/h1,7-9,16-18,20,27-29,34,37H,4-6,10-15,19,21H2,2H3,(H,35,38)(H,36,39). The van der Waals surface area contributed by atoms with Crippen molar-refractivity contribution in [1.82, 2.24) is 16.0 Å². The third kappa shape index (κ3) is 8.96. The van der Waals surface area contributed by atoms with E-state index in [1.807, 2.05) is 30.5 Å². The van der Waals surface area contributed by atoms with Crippen LogP contribution in [0, 0.1) is 18.2 Å². The maximum Gasteiger partial charge on any atom is 0.242 e. The molecule has 2 amide bonds. The highest BCUT2D eigenvalue weighted by molar-refractivity contribution is 7.98. The molecule has 7 nitrogen and oxygen atoms in total. The highest BCUT2D eigenvalue weighted by atomic mass is 32.2. The minimum Gasteiger partial charge on any atom is -0.493 e. The summed E-state index contributed by atoms with van der Waals surface area (Å²) in [5.41, 5.74) is 2.17. The van der Waals surface area contributed by atoms with Crippen LogP contribution in [-0.4, -0.2) is 60.3 Å². The van der Waals surface area contributed by atoms with Gasteiger partial charge in [0.05, 0.1) is 18.8 Å². The van der Waals surface area contributed by atoms with Crippen LogP contribution in [0.1, 0.15) is 61.6 Å². The third-order valence-electron chi connectivity index (χ3n) is 7.74. The molecular weight excluding hydrogens is 541 g/mol. The molecule has 1 heterocycles. The van der Waals surface area contributed by atoms with Crippen molar-refractivity contribution in [1.29, 1.82) is 0 Å². The van der Waals surface area contributed by atoms with Gasteiger partial charge in [-0.2, -0.15) is 11.8 Å². The second kappa shape index (κ2) is 14.7. The molecule has 2 bridgehead atoms. The van der Waals surface area contributed by atoms with Crippen molar-refractivity contribution in [3.05, 3.63) is 65.0 Å². The third-order valence-corrected chi connectivity index (χ3v) is 8.38. The summed E-state index contributed by atoms with van der Waals surface area (Å²) in [4.78, 5) is 26.1. The number of nitrogens with one attached hydrogen (secondary N) is 3. The van der Waals surface area contributed by atoms with Crippen molar-refractivity contribution >= 4 is 23.6 Å². The second-order valence-electron chi connectivity index (χ2n) is 10.9. The Morgan fingerprint density at radius 2 is 2.02 bits per heavy atom. The number of hydrogen-bond acceptors (Lipinski definition) is 6. The first-order valence-electron chi connectivity index (χ1n) is 14.3. The lowest BCUT2D eigenvalue weighted by Gasteiger charge is -2.29. The summed E-state index contributed by atoms with van der Waals surface area (Å²) >= 11 is 1.59. The lowest BCUT2D eigenvalue weighted by Crippen LogP contribution is -2.55. The number of amides is 2. The van der Waals surface area contributed by atoms with Crippen LogP contribution in [-0.2, 0) is 21.5 Å². The first-order valence-corrected chi connectivity index (χ1v) is 15.7. The summed E-state index contributed by atoms with van der Waals surface area (Å²) in [5, 5.41) is 20.8. The van der Waals surface area contributed by atoms with E-state index in [-0.39, 0.29) is 30.3 Å². The highest BCUT2D eigenvalue weighted by Gasteiger charge is 2.44. The first-order chi connectivity index (χ1) is 19.8. The summed E-state index contributed by atoms with van der Waals surface area (Å²) < 4.78 is 20.3. The quantitative estimate of drug-likeness (QED) is 0.355. The van der Waals surface area contributed by atoms with Crippen LogP contribution in [0.5, 0.6) is 5.75 Å². The Labute approximate surface area is 246 Å². The number of aliphatic hydroxyl groups is 1. The van der Waals surface area contributed by atoms with E-state index in [9.17, 15) is 19.1 Å². The number of hydrogen-bond donors (Lipinski definition) is 4. The molecule has 1 aliphatic carbocycles. The van der Waals surface area contributed by atoms with Gasteiger partial charge in [-0.05, 0) is 92.3 Å². The Kier molecular flexibility index (Phi) is 11.1. The molecule has 0 spiro atoms. The van der Waals surface area contributed by atoms with Gasteiger partial charge >= 0.3 is 0 Å². The zero-order valence-corrected chi connectivity index (χ0v) is 24.4. The average Bonchev–Trinajstić information content (AvgIpc) is 3.76. The molecule has 3 atom stereocenters. The molecule has 1 saturated carbocycles. The molecule has 4 rings (SSSR count). The van der Waals surface area contributed by atoms with Gasteiger partial charge in [-0.15, -0.1) is 6.42 Å². The summed E-state index contributed by atoms with van der Waals surface area (Å²) in [6.07, 6.45) is 11.5. The van der Waals surface area contributed by atoms with Crippen LogP contribution in [0.2, 0.25) is 0 Å². The monoisotopic (exact) mass is 581 g/mol. The Morgan fingerprint density at radius 1 is 1.20 bits per heavy atom. The van der Waals surface area contributed by atoms with Crippen molar-refractivity contribution in [2.75, 3.05) is 25.2 Å². The predicted molar refractivity (Wildman–Crippen MR) is 160 cm³/mol. The Bertz CT molecular complexity index is 1250. The smallest absolute Gasteiger partial charge is 0.242 e. The first kappa shape index (κ1) is 30.9. The van der Waals surface area contributed by atoms with E-state index in [0.29, 0.717) is 42.9 Å². The molecule has 9 heteroatoms. The molecule has 1 aliphatic heterocycles. The fourth-order valence-electron chi connectivity index (χ4n) is 5.21. The van der Waals surface area contributed by atoms with Crippen LogP contribution < -0.4 is 20.7 Å². The normalized spacial score (nSPS) is 22.0. The van der Waals surface area contributed by atoms with E-state index in [1.54, 1.807) is 17.8 Å². The Balaban J connectivity index is 1.55. The van der Waals surface area contributed by atoms with Crippen LogP contribution in [0.15, 0.2) is 42.5 Å². The van der Waals surface area contributed by atoms with E-state index in [2.05, 4.69) is 21.9 Å². The zero-order chi connectivity index (χ0) is 29.2. The molecule has 0 radical (unpaired) electrons. The van der Waals surface area contributed by atoms with Gasteiger partial charge in [0.25, 0.3) is 0 Å². The number of terminal acetylenes is 1. The summed E-state index contributed by atoms with van der Waals surface area (Å²) in [6.45, 7) is 0.613. The largest absolute Gasteiger partial charge is 0.493 e. The number of carbonyl (C=O) groups is 2. The molecule has 2 aromatic carbocycles. The number of rotatable bonds is 8. The molecule has 3 unspecified atom stereocenters. The lowest BCUT2D eigenvalue weighted by molar-refractivity contribution is -0.130. The molecule has 1 fully saturated rings. The molecule has 0 aromatic heterocycles. The summed E-state index contributed by atoms with van der Waals surface area (Å²) in [7, 11) is 0. The highest BCUT2D eigenvalue weighted by Crippen LogP contribution is 2.45. The average molecular weight is 582 g/mol. The van der Waals surface area contributed by atoms with E-state index in [1.165, 1.54) is 12.1 Å². The van der Waals surface area contributed by atoms with Crippen molar-refractivity contribution in [2.24, 2.45) is 0 Å². The van der Waals surface area contributed by atoms with Crippen LogP contribution in [0.4, 0.5) is 4.39 Å². The molecule has 220 valence electrons. The molecule has 0 saturated heterocycles. The van der Waals surface area contributed by atoms with Crippen LogP contribution in [0.3, 0.4) is 0 Å². The van der Waals surface area contributed by atoms with Gasteiger partial charge in [0.2, 0.25) is 11.8 Å². The Morgan fingerprint density at radius 3 is 2.78 bits per heavy atom. The molecule has 4 N–H and O–H groups in total. The van der Waals surface area contributed by atoms with Gasteiger partial charge in [-0.1, -0.05) is 18.1 Å². The number of fused-ring (bicyclic) bond motifs is 2. The van der Waals surface area contributed by atoms with Gasteiger partial charge in [0.15, 0.2) is 0 Å². The van der Waals surface area contributed by atoms with E-state index in [0.717, 1.165) is 36.8 Å². The van der Waals surface area contributed by atoms with E-state index >= 15 is 0 Å². The number of carbonyl (C=O) groups excluding carboxylic acids is 2. The SMILES string of the molecule is C#Cc1cccc(C2(NCC(O)C3Cc4cc(F)cc(c4)OCCCCCC(=O)NC(CCSC)C(=O)N3)CC2)c1. The van der Waals surface area contributed by atoms with Crippen molar-refractivity contribution < 1.29 is 23.8 Å². The Hall–Kier alpha value is -3.06. The molecule has 2 aliphatic rings. The van der Waals surface area contributed by atoms with Gasteiger partial charge in [0.1, 0.15) is 17.6 Å². The maximum atomic E-state index is 14.5. The fraction of sp³-hybridized carbons (Fsp3) is 0.500. The van der Waals surface area contributed by atoms with Crippen molar-refractivity contribution in [3.8, 4) is 18.1 Å².